The van der Waals surface area contributed by atoms with E-state index in [0.717, 1.165) is 11.8 Å². The van der Waals surface area contributed by atoms with Gasteiger partial charge in [0.1, 0.15) is 0 Å². The molecule has 0 saturated heterocycles. The van der Waals surface area contributed by atoms with Crippen LogP contribution < -0.4 is 5.32 Å². The third-order valence-electron chi connectivity index (χ3n) is 2.68. The average Bonchev–Trinajstić information content (AvgIpc) is 2.35. The number of hydrogen-bond acceptors (Lipinski definition) is 4. The quantitative estimate of drug-likeness (QED) is 0.733. The van der Waals surface area contributed by atoms with Gasteiger partial charge in [-0.25, -0.2) is 4.79 Å². The van der Waals surface area contributed by atoms with Crippen molar-refractivity contribution in [1.82, 2.24) is 5.32 Å². The number of amides is 1. The van der Waals surface area contributed by atoms with E-state index in [2.05, 4.69) is 9.50 Å². The molecule has 1 amide bonds. The Balaban J connectivity index is 2.80. The predicted molar refractivity (Wildman–Crippen MR) is 80.6 cm³/mol. The summed E-state index contributed by atoms with van der Waals surface area (Å²) in [5, 5.41) is 11.7. The summed E-state index contributed by atoms with van der Waals surface area (Å²) in [6.45, 7) is 0.0610. The van der Waals surface area contributed by atoms with Gasteiger partial charge in [-0.2, -0.15) is 8.42 Å². The fourth-order valence-corrected chi connectivity index (χ4v) is 2.41. The summed E-state index contributed by atoms with van der Waals surface area (Å²) in [5.41, 5.74) is 0.746. The lowest BCUT2D eigenvalue weighted by Gasteiger charge is -2.17. The number of hydrogen-bond donors (Lipinski definition) is 2. The highest BCUT2D eigenvalue weighted by Crippen LogP contribution is 2.28. The second kappa shape index (κ2) is 7.84. The van der Waals surface area contributed by atoms with Gasteiger partial charge in [0.15, 0.2) is 0 Å². The minimum atomic E-state index is -3.53. The van der Waals surface area contributed by atoms with Gasteiger partial charge in [0.2, 0.25) is 0 Å². The number of halogens is 2. The second-order valence-corrected chi connectivity index (χ2v) is 6.83. The minimum absolute atomic E-state index is 0.0506. The smallest absolute Gasteiger partial charge is 0.404 e. The Morgan fingerprint density at radius 3 is 2.57 bits per heavy atom. The van der Waals surface area contributed by atoms with E-state index < -0.39 is 16.2 Å². The molecule has 1 atom stereocenters. The van der Waals surface area contributed by atoms with Crippen molar-refractivity contribution in [2.45, 2.75) is 12.3 Å². The molecule has 2 N–H and O–H groups in total. The monoisotopic (exact) mass is 355 g/mol. The topological polar surface area (TPSA) is 92.7 Å². The SMILES string of the molecule is CS(=O)(=O)OCCC(CNC(=O)O)c1ccc(Cl)c(Cl)c1. The summed E-state index contributed by atoms with van der Waals surface area (Å²) in [6.07, 6.45) is 0.103. The van der Waals surface area contributed by atoms with Crippen molar-refractivity contribution in [3.05, 3.63) is 33.8 Å². The molecule has 0 heterocycles. The van der Waals surface area contributed by atoms with Crippen LogP contribution in [-0.4, -0.2) is 39.0 Å². The van der Waals surface area contributed by atoms with Crippen molar-refractivity contribution in [1.29, 1.82) is 0 Å². The third-order valence-corrected chi connectivity index (χ3v) is 4.01. The van der Waals surface area contributed by atoms with Gasteiger partial charge in [-0.3, -0.25) is 4.18 Å². The highest BCUT2D eigenvalue weighted by atomic mass is 35.5. The van der Waals surface area contributed by atoms with Crippen LogP contribution in [0.1, 0.15) is 17.9 Å². The van der Waals surface area contributed by atoms with Gasteiger partial charge in [0.25, 0.3) is 10.1 Å². The number of rotatable bonds is 7. The molecule has 1 aromatic carbocycles. The van der Waals surface area contributed by atoms with Gasteiger partial charge in [0, 0.05) is 12.5 Å². The van der Waals surface area contributed by atoms with Crippen LogP contribution in [0.2, 0.25) is 10.0 Å². The maximum atomic E-state index is 10.9. The molecular weight excluding hydrogens is 341 g/mol. The van der Waals surface area contributed by atoms with Gasteiger partial charge in [0.05, 0.1) is 22.9 Å². The van der Waals surface area contributed by atoms with Gasteiger partial charge in [-0.05, 0) is 24.1 Å². The Kier molecular flexibility index (Phi) is 6.73. The molecule has 1 unspecified atom stereocenters. The summed E-state index contributed by atoms with van der Waals surface area (Å²) in [6, 6.07) is 4.94. The largest absolute Gasteiger partial charge is 0.465 e. The van der Waals surface area contributed by atoms with Gasteiger partial charge in [-0.1, -0.05) is 29.3 Å². The van der Waals surface area contributed by atoms with Crippen LogP contribution in [0.25, 0.3) is 0 Å². The molecule has 0 saturated carbocycles. The summed E-state index contributed by atoms with van der Waals surface area (Å²) in [7, 11) is -3.53. The van der Waals surface area contributed by atoms with Gasteiger partial charge >= 0.3 is 6.09 Å². The first-order valence-electron chi connectivity index (χ1n) is 5.95. The molecule has 0 fully saturated rings. The highest BCUT2D eigenvalue weighted by Gasteiger charge is 2.15. The minimum Gasteiger partial charge on any atom is -0.465 e. The lowest BCUT2D eigenvalue weighted by atomic mass is 9.96. The Morgan fingerprint density at radius 2 is 2.05 bits per heavy atom. The van der Waals surface area contributed by atoms with Crippen LogP contribution in [-0.2, 0) is 14.3 Å². The molecule has 6 nitrogen and oxygen atoms in total. The number of carbonyl (C=O) groups is 1. The van der Waals surface area contributed by atoms with Crippen molar-refractivity contribution < 1.29 is 22.5 Å². The zero-order valence-electron chi connectivity index (χ0n) is 11.2. The van der Waals surface area contributed by atoms with E-state index >= 15 is 0 Å². The first-order valence-corrected chi connectivity index (χ1v) is 8.52. The first kappa shape index (κ1) is 18.0. The van der Waals surface area contributed by atoms with E-state index in [0.29, 0.717) is 16.5 Å². The fraction of sp³-hybridized carbons (Fsp3) is 0.417. The zero-order valence-corrected chi connectivity index (χ0v) is 13.5. The van der Waals surface area contributed by atoms with Crippen molar-refractivity contribution in [3.63, 3.8) is 0 Å². The van der Waals surface area contributed by atoms with Crippen LogP contribution in [0.5, 0.6) is 0 Å². The number of nitrogens with one attached hydrogen (secondary N) is 1. The van der Waals surface area contributed by atoms with Crippen LogP contribution in [0.3, 0.4) is 0 Å². The average molecular weight is 356 g/mol. The summed E-state index contributed by atoms with van der Waals surface area (Å²) >= 11 is 11.8. The van der Waals surface area contributed by atoms with Crippen molar-refractivity contribution >= 4 is 39.4 Å². The Hall–Kier alpha value is -1.02. The standard InChI is InChI=1S/C12H15Cl2NO5S/c1-21(18,19)20-5-4-9(7-15-12(16)17)8-2-3-10(13)11(14)6-8/h2-3,6,9,15H,4-5,7H2,1H3,(H,16,17). The first-order chi connectivity index (χ1) is 9.69. The zero-order chi connectivity index (χ0) is 16.0. The van der Waals surface area contributed by atoms with Crippen molar-refractivity contribution in [2.24, 2.45) is 0 Å². The molecule has 21 heavy (non-hydrogen) atoms. The molecule has 1 rings (SSSR count). The number of carboxylic acid groups (broad SMARTS) is 1. The lowest BCUT2D eigenvalue weighted by molar-refractivity contribution is 0.193. The second-order valence-electron chi connectivity index (χ2n) is 4.37. The van der Waals surface area contributed by atoms with Gasteiger partial charge < -0.3 is 10.4 Å². The van der Waals surface area contributed by atoms with Crippen molar-refractivity contribution in [3.8, 4) is 0 Å². The molecule has 118 valence electrons. The van der Waals surface area contributed by atoms with Crippen LogP contribution >= 0.6 is 23.2 Å². The van der Waals surface area contributed by atoms with Crippen LogP contribution in [0.15, 0.2) is 18.2 Å². The molecule has 0 aliphatic rings. The molecule has 0 radical (unpaired) electrons. The maximum absolute atomic E-state index is 10.9. The fourth-order valence-electron chi connectivity index (χ4n) is 1.71. The Morgan fingerprint density at radius 1 is 1.38 bits per heavy atom. The summed E-state index contributed by atoms with van der Waals surface area (Å²) in [4.78, 5) is 10.6. The van der Waals surface area contributed by atoms with E-state index in [1.54, 1.807) is 18.2 Å². The van der Waals surface area contributed by atoms with E-state index in [9.17, 15) is 13.2 Å². The molecule has 0 aliphatic carbocycles. The molecule has 0 aromatic heterocycles. The Bertz CT molecular complexity index is 606. The van der Waals surface area contributed by atoms with Crippen LogP contribution in [0, 0.1) is 0 Å². The molecule has 0 bridgehead atoms. The lowest BCUT2D eigenvalue weighted by Crippen LogP contribution is -2.27. The van der Waals surface area contributed by atoms with Gasteiger partial charge in [-0.15, -0.1) is 0 Å². The molecular formula is C12H15Cl2NO5S. The third kappa shape index (κ3) is 6.99. The molecule has 1 aromatic rings. The van der Waals surface area contributed by atoms with E-state index in [4.69, 9.17) is 28.3 Å². The predicted octanol–water partition coefficient (Wildman–Crippen LogP) is 2.71. The summed E-state index contributed by atoms with van der Waals surface area (Å²) < 4.78 is 26.6. The molecule has 0 aliphatic heterocycles. The Labute approximate surface area is 133 Å². The van der Waals surface area contributed by atoms with Crippen LogP contribution in [0.4, 0.5) is 4.79 Å². The molecule has 0 spiro atoms. The highest BCUT2D eigenvalue weighted by molar-refractivity contribution is 7.85. The van der Waals surface area contributed by atoms with E-state index in [-0.39, 0.29) is 19.1 Å². The maximum Gasteiger partial charge on any atom is 0.404 e. The summed E-state index contributed by atoms with van der Waals surface area (Å²) in [5.74, 6) is -0.280. The van der Waals surface area contributed by atoms with E-state index in [1.165, 1.54) is 0 Å². The van der Waals surface area contributed by atoms with Crippen molar-refractivity contribution in [2.75, 3.05) is 19.4 Å². The molecule has 9 heteroatoms. The van der Waals surface area contributed by atoms with E-state index in [1.807, 2.05) is 0 Å². The normalized spacial score (nSPS) is 12.9. The number of benzene rings is 1.